The van der Waals surface area contributed by atoms with Gasteiger partial charge in [0.25, 0.3) is 0 Å². The predicted molar refractivity (Wildman–Crippen MR) is 77.3 cm³/mol. The normalized spacial score (nSPS) is 20.4. The van der Waals surface area contributed by atoms with Gasteiger partial charge in [-0.2, -0.15) is 0 Å². The molecular formula is C14H15IO3. The molecule has 2 aromatic rings. The van der Waals surface area contributed by atoms with E-state index in [1.807, 2.05) is 18.2 Å². The highest BCUT2D eigenvalue weighted by Crippen LogP contribution is 2.28. The molecule has 0 saturated carbocycles. The van der Waals surface area contributed by atoms with Gasteiger partial charge in [-0.3, -0.25) is 0 Å². The minimum atomic E-state index is -0.0526. The molecule has 0 spiro atoms. The van der Waals surface area contributed by atoms with Crippen molar-refractivity contribution in [3.05, 3.63) is 33.6 Å². The largest absolute Gasteiger partial charge is 0.450 e. The molecule has 3 rings (SSSR count). The van der Waals surface area contributed by atoms with Crippen LogP contribution in [0.2, 0.25) is 0 Å². The Balaban J connectivity index is 1.75. The molecular weight excluding hydrogens is 343 g/mol. The number of hydrogen-bond donors (Lipinski definition) is 0. The average molecular weight is 358 g/mol. The highest BCUT2D eigenvalue weighted by atomic mass is 127. The van der Waals surface area contributed by atoms with Crippen molar-refractivity contribution >= 4 is 33.6 Å². The van der Waals surface area contributed by atoms with Gasteiger partial charge in [0.1, 0.15) is 5.58 Å². The van der Waals surface area contributed by atoms with Crippen LogP contribution < -0.4 is 0 Å². The van der Waals surface area contributed by atoms with E-state index < -0.39 is 0 Å². The first kappa shape index (κ1) is 12.4. The summed E-state index contributed by atoms with van der Waals surface area (Å²) >= 11 is 2.22. The molecule has 4 heteroatoms. The smallest absolute Gasteiger partial charge is 0.170 e. The Hall–Kier alpha value is -0.590. The second kappa shape index (κ2) is 5.59. The van der Waals surface area contributed by atoms with Crippen molar-refractivity contribution in [2.24, 2.45) is 0 Å². The van der Waals surface area contributed by atoms with Crippen LogP contribution in [-0.2, 0) is 16.1 Å². The summed E-state index contributed by atoms with van der Waals surface area (Å²) in [6.45, 7) is 1.37. The number of ether oxygens (including phenoxy) is 2. The van der Waals surface area contributed by atoms with Crippen molar-refractivity contribution < 1.29 is 13.9 Å². The number of furan rings is 1. The highest BCUT2D eigenvalue weighted by molar-refractivity contribution is 14.1. The number of benzene rings is 1. The van der Waals surface area contributed by atoms with Crippen LogP contribution in [0.25, 0.3) is 11.0 Å². The molecule has 18 heavy (non-hydrogen) atoms. The van der Waals surface area contributed by atoms with E-state index in [1.165, 1.54) is 6.42 Å². The lowest BCUT2D eigenvalue weighted by Crippen LogP contribution is -2.22. The molecule has 1 aliphatic heterocycles. The van der Waals surface area contributed by atoms with Crippen LogP contribution >= 0.6 is 22.6 Å². The molecule has 0 amide bonds. The summed E-state index contributed by atoms with van der Waals surface area (Å²) in [6, 6.07) is 8.06. The van der Waals surface area contributed by atoms with E-state index in [4.69, 9.17) is 13.9 Å². The molecule has 1 atom stereocenters. The van der Waals surface area contributed by atoms with Gasteiger partial charge in [0, 0.05) is 40.1 Å². The molecule has 1 aromatic heterocycles. The molecule has 0 N–H and O–H groups in total. The van der Waals surface area contributed by atoms with Gasteiger partial charge in [-0.1, -0.05) is 18.2 Å². The Kier molecular flexibility index (Phi) is 3.86. The van der Waals surface area contributed by atoms with Gasteiger partial charge in [0.2, 0.25) is 0 Å². The Bertz CT molecular complexity index is 529. The number of para-hydroxylation sites is 1. The van der Waals surface area contributed by atoms with Gasteiger partial charge in [0.05, 0.1) is 6.61 Å². The first-order valence-electron chi connectivity index (χ1n) is 6.24. The lowest BCUT2D eigenvalue weighted by molar-refractivity contribution is -0.168. The molecule has 3 nitrogen and oxygen atoms in total. The molecule has 1 fully saturated rings. The molecule has 1 unspecified atom stereocenters. The third-order valence-electron chi connectivity index (χ3n) is 3.20. The summed E-state index contributed by atoms with van der Waals surface area (Å²) in [7, 11) is 0. The summed E-state index contributed by atoms with van der Waals surface area (Å²) in [5, 5.41) is 1.14. The van der Waals surface area contributed by atoms with Crippen molar-refractivity contribution in [2.75, 3.05) is 6.61 Å². The fraction of sp³-hybridized carbons (Fsp3) is 0.429. The zero-order valence-electron chi connectivity index (χ0n) is 10.0. The van der Waals surface area contributed by atoms with Crippen molar-refractivity contribution in [1.82, 2.24) is 0 Å². The predicted octanol–water partition coefficient (Wildman–Crippen LogP) is 4.08. The van der Waals surface area contributed by atoms with Crippen LogP contribution in [0.3, 0.4) is 0 Å². The fourth-order valence-corrected chi connectivity index (χ4v) is 2.91. The van der Waals surface area contributed by atoms with Crippen molar-refractivity contribution in [3.63, 3.8) is 0 Å². The van der Waals surface area contributed by atoms with Gasteiger partial charge < -0.3 is 13.9 Å². The third-order valence-corrected chi connectivity index (χ3v) is 4.07. The van der Waals surface area contributed by atoms with E-state index in [9.17, 15) is 0 Å². The van der Waals surface area contributed by atoms with Gasteiger partial charge in [-0.25, -0.2) is 0 Å². The Morgan fingerprint density at radius 3 is 3.00 bits per heavy atom. The van der Waals surface area contributed by atoms with Crippen molar-refractivity contribution in [1.29, 1.82) is 0 Å². The SMILES string of the molecule is Ic1oc2ccccc2c1COC1CCCCO1. The number of hydrogen-bond acceptors (Lipinski definition) is 3. The highest BCUT2D eigenvalue weighted by Gasteiger charge is 2.17. The third kappa shape index (κ3) is 2.55. The van der Waals surface area contributed by atoms with E-state index in [0.717, 1.165) is 39.7 Å². The summed E-state index contributed by atoms with van der Waals surface area (Å²) in [4.78, 5) is 0. The van der Waals surface area contributed by atoms with E-state index in [-0.39, 0.29) is 6.29 Å². The van der Waals surface area contributed by atoms with Gasteiger partial charge in [-0.15, -0.1) is 0 Å². The van der Waals surface area contributed by atoms with Gasteiger partial charge >= 0.3 is 0 Å². The van der Waals surface area contributed by atoms with Crippen LogP contribution in [0.1, 0.15) is 24.8 Å². The Morgan fingerprint density at radius 1 is 1.28 bits per heavy atom. The standard InChI is InChI=1S/C14H15IO3/c15-14-11(9-17-13-7-3-4-8-16-13)10-5-1-2-6-12(10)18-14/h1-2,5-6,13H,3-4,7-9H2. The van der Waals surface area contributed by atoms with Gasteiger partial charge in [0.15, 0.2) is 10.1 Å². The monoisotopic (exact) mass is 358 g/mol. The molecule has 1 saturated heterocycles. The zero-order chi connectivity index (χ0) is 12.4. The fourth-order valence-electron chi connectivity index (χ4n) is 2.22. The molecule has 0 bridgehead atoms. The van der Waals surface area contributed by atoms with Crippen molar-refractivity contribution in [3.8, 4) is 0 Å². The topological polar surface area (TPSA) is 31.6 Å². The summed E-state index contributed by atoms with van der Waals surface area (Å²) in [6.07, 6.45) is 3.27. The first-order valence-corrected chi connectivity index (χ1v) is 7.31. The minimum absolute atomic E-state index is 0.0526. The quantitative estimate of drug-likeness (QED) is 0.775. The Morgan fingerprint density at radius 2 is 2.17 bits per heavy atom. The molecule has 2 heterocycles. The maximum atomic E-state index is 5.83. The zero-order valence-corrected chi connectivity index (χ0v) is 12.2. The molecule has 96 valence electrons. The lowest BCUT2D eigenvalue weighted by Gasteiger charge is -2.22. The second-order valence-electron chi connectivity index (χ2n) is 4.46. The second-order valence-corrected chi connectivity index (χ2v) is 5.44. The summed E-state index contributed by atoms with van der Waals surface area (Å²) < 4.78 is 18.0. The lowest BCUT2D eigenvalue weighted by atomic mass is 10.2. The van der Waals surface area contributed by atoms with Crippen LogP contribution in [0.15, 0.2) is 28.7 Å². The van der Waals surface area contributed by atoms with E-state index >= 15 is 0 Å². The van der Waals surface area contributed by atoms with E-state index in [2.05, 4.69) is 28.7 Å². The maximum Gasteiger partial charge on any atom is 0.170 e. The van der Waals surface area contributed by atoms with Gasteiger partial charge in [-0.05, 0) is 25.3 Å². The first-order chi connectivity index (χ1) is 8.84. The maximum absolute atomic E-state index is 5.83. The summed E-state index contributed by atoms with van der Waals surface area (Å²) in [5.41, 5.74) is 2.05. The van der Waals surface area contributed by atoms with E-state index in [1.54, 1.807) is 0 Å². The van der Waals surface area contributed by atoms with Crippen LogP contribution in [-0.4, -0.2) is 12.9 Å². The van der Waals surface area contributed by atoms with Crippen LogP contribution in [0, 0.1) is 3.77 Å². The van der Waals surface area contributed by atoms with Crippen molar-refractivity contribution in [2.45, 2.75) is 32.2 Å². The van der Waals surface area contributed by atoms with Crippen LogP contribution in [0.4, 0.5) is 0 Å². The molecule has 1 aromatic carbocycles. The Labute approximate surface area is 120 Å². The number of rotatable bonds is 3. The van der Waals surface area contributed by atoms with Crippen LogP contribution in [0.5, 0.6) is 0 Å². The summed E-state index contributed by atoms with van der Waals surface area (Å²) in [5.74, 6) is 0. The number of halogens is 1. The minimum Gasteiger partial charge on any atom is -0.450 e. The molecule has 1 aliphatic rings. The number of fused-ring (bicyclic) bond motifs is 1. The molecule has 0 aliphatic carbocycles. The average Bonchev–Trinajstić information content (AvgIpc) is 2.73. The molecule has 0 radical (unpaired) electrons. The van der Waals surface area contributed by atoms with E-state index in [0.29, 0.717) is 6.61 Å².